The molecule has 0 bridgehead atoms. The highest BCUT2D eigenvalue weighted by Crippen LogP contribution is 2.44. The first-order valence-electron chi connectivity index (χ1n) is 11.8. The molecule has 0 N–H and O–H groups in total. The highest BCUT2D eigenvalue weighted by molar-refractivity contribution is 7.88. The summed E-state index contributed by atoms with van der Waals surface area (Å²) in [5.74, 6) is -0.411. The molecule has 6 aromatic rings. The van der Waals surface area contributed by atoms with E-state index in [9.17, 15) is 21.6 Å². The van der Waals surface area contributed by atoms with Crippen LogP contribution in [0.4, 0.5) is 13.2 Å². The minimum Gasteiger partial charge on any atom is -0.376 e. The Balaban J connectivity index is 1.62. The molecule has 0 amide bonds. The van der Waals surface area contributed by atoms with Crippen molar-refractivity contribution in [2.45, 2.75) is 5.51 Å². The van der Waals surface area contributed by atoms with Gasteiger partial charge < -0.3 is 4.18 Å². The molecule has 0 saturated heterocycles. The number of halogens is 3. The third kappa shape index (κ3) is 4.05. The predicted octanol–water partition coefficient (Wildman–Crippen LogP) is 8.71. The van der Waals surface area contributed by atoms with Crippen LogP contribution in [0.2, 0.25) is 0 Å². The molecule has 0 radical (unpaired) electrons. The monoisotopic (exact) mass is 528 g/mol. The van der Waals surface area contributed by atoms with Crippen molar-refractivity contribution in [1.29, 1.82) is 0 Å². The molecule has 0 spiro atoms. The molecule has 0 heterocycles. The van der Waals surface area contributed by atoms with Crippen molar-refractivity contribution in [2.24, 2.45) is 0 Å². The van der Waals surface area contributed by atoms with E-state index in [2.05, 4.69) is 34.5 Å². The van der Waals surface area contributed by atoms with Gasteiger partial charge in [0.25, 0.3) is 0 Å². The van der Waals surface area contributed by atoms with E-state index in [-0.39, 0.29) is 0 Å². The lowest BCUT2D eigenvalue weighted by molar-refractivity contribution is -0.0500. The molecule has 188 valence electrons. The fraction of sp³-hybridized carbons (Fsp3) is 0.0323. The summed E-state index contributed by atoms with van der Waals surface area (Å²) in [6.45, 7) is 0. The first kappa shape index (κ1) is 24.0. The van der Waals surface area contributed by atoms with E-state index in [1.165, 1.54) is 18.2 Å². The van der Waals surface area contributed by atoms with E-state index in [1.807, 2.05) is 60.7 Å². The van der Waals surface area contributed by atoms with Crippen LogP contribution in [0.25, 0.3) is 54.6 Å². The van der Waals surface area contributed by atoms with Gasteiger partial charge in [0.15, 0.2) is 0 Å². The molecule has 0 fully saturated rings. The number of hydrogen-bond acceptors (Lipinski definition) is 3. The molecule has 7 heteroatoms. The number of alkyl halides is 3. The Labute approximate surface area is 216 Å². The van der Waals surface area contributed by atoms with Crippen LogP contribution >= 0.6 is 0 Å². The van der Waals surface area contributed by atoms with Gasteiger partial charge >= 0.3 is 15.6 Å². The molecule has 0 aliphatic heterocycles. The average Bonchev–Trinajstić information content (AvgIpc) is 2.90. The van der Waals surface area contributed by atoms with Crippen LogP contribution in [0, 0.1) is 0 Å². The van der Waals surface area contributed by atoms with Crippen molar-refractivity contribution in [2.75, 3.05) is 0 Å². The summed E-state index contributed by atoms with van der Waals surface area (Å²) in [5.41, 5.74) is -2.13. The van der Waals surface area contributed by atoms with Crippen LogP contribution in [-0.4, -0.2) is 13.9 Å². The maximum atomic E-state index is 12.9. The minimum absolute atomic E-state index is 0.411. The highest BCUT2D eigenvalue weighted by atomic mass is 32.2. The van der Waals surface area contributed by atoms with Gasteiger partial charge in [0.1, 0.15) is 5.75 Å². The zero-order valence-electron chi connectivity index (χ0n) is 19.7. The predicted molar refractivity (Wildman–Crippen MR) is 145 cm³/mol. The van der Waals surface area contributed by atoms with Crippen molar-refractivity contribution in [3.63, 3.8) is 0 Å². The highest BCUT2D eigenvalue weighted by Gasteiger charge is 2.48. The summed E-state index contributed by atoms with van der Waals surface area (Å²) in [5, 5.41) is 5.93. The van der Waals surface area contributed by atoms with Gasteiger partial charge in [-0.1, -0.05) is 97.1 Å². The van der Waals surface area contributed by atoms with E-state index < -0.39 is 21.4 Å². The molecular formula is C31H19F3O3S. The molecule has 0 saturated carbocycles. The van der Waals surface area contributed by atoms with Gasteiger partial charge in [0, 0.05) is 0 Å². The van der Waals surface area contributed by atoms with Crippen molar-refractivity contribution >= 4 is 42.4 Å². The van der Waals surface area contributed by atoms with Gasteiger partial charge in [-0.15, -0.1) is 0 Å². The molecule has 6 rings (SSSR count). The lowest BCUT2D eigenvalue weighted by Crippen LogP contribution is -2.28. The Hall–Kier alpha value is -4.36. The number of rotatable bonds is 4. The van der Waals surface area contributed by atoms with E-state index >= 15 is 0 Å². The summed E-state index contributed by atoms with van der Waals surface area (Å²) in [4.78, 5) is 0. The third-order valence-corrected chi connectivity index (χ3v) is 7.56. The zero-order chi connectivity index (χ0) is 26.5. The summed E-state index contributed by atoms with van der Waals surface area (Å²) in [6, 6.07) is 35.8. The lowest BCUT2D eigenvalue weighted by Gasteiger charge is -2.18. The normalized spacial score (nSPS) is 12.3. The second kappa shape index (κ2) is 8.89. The molecular weight excluding hydrogens is 509 g/mol. The van der Waals surface area contributed by atoms with Crippen LogP contribution in [-0.2, 0) is 10.1 Å². The van der Waals surface area contributed by atoms with Crippen LogP contribution in [0.1, 0.15) is 0 Å². The van der Waals surface area contributed by atoms with E-state index in [4.69, 9.17) is 0 Å². The smallest absolute Gasteiger partial charge is 0.376 e. The second-order valence-corrected chi connectivity index (χ2v) is 10.5. The zero-order valence-corrected chi connectivity index (χ0v) is 20.6. The Morgan fingerprint density at radius 1 is 0.526 bits per heavy atom. The first-order chi connectivity index (χ1) is 18.2. The quantitative estimate of drug-likeness (QED) is 0.131. The molecule has 3 nitrogen and oxygen atoms in total. The van der Waals surface area contributed by atoms with Crippen LogP contribution in [0.5, 0.6) is 5.75 Å². The van der Waals surface area contributed by atoms with Crippen molar-refractivity contribution in [3.05, 3.63) is 115 Å². The molecule has 0 unspecified atom stereocenters. The average molecular weight is 529 g/mol. The molecule has 0 aromatic heterocycles. The number of hydrogen-bond donors (Lipinski definition) is 0. The molecule has 0 aliphatic carbocycles. The third-order valence-electron chi connectivity index (χ3n) is 6.58. The Morgan fingerprint density at radius 2 is 1.03 bits per heavy atom. The van der Waals surface area contributed by atoms with Gasteiger partial charge in [0.2, 0.25) is 0 Å². The molecule has 38 heavy (non-hydrogen) atoms. The maximum Gasteiger partial charge on any atom is 0.534 e. The van der Waals surface area contributed by atoms with Gasteiger partial charge in [-0.05, 0) is 72.8 Å². The van der Waals surface area contributed by atoms with E-state index in [0.717, 1.165) is 49.0 Å². The first-order valence-corrected chi connectivity index (χ1v) is 13.2. The Bertz CT molecular complexity index is 1900. The van der Waals surface area contributed by atoms with Crippen LogP contribution < -0.4 is 4.18 Å². The molecule has 0 aliphatic rings. The fourth-order valence-electron chi connectivity index (χ4n) is 4.97. The number of benzene rings is 6. The van der Waals surface area contributed by atoms with Gasteiger partial charge in [-0.2, -0.15) is 21.6 Å². The topological polar surface area (TPSA) is 43.4 Å². The molecule has 0 atom stereocenters. The summed E-state index contributed by atoms with van der Waals surface area (Å²) in [6.07, 6.45) is 0. The van der Waals surface area contributed by atoms with Gasteiger partial charge in [-0.3, -0.25) is 0 Å². The number of fused-ring (bicyclic) bond motifs is 3. The Kier molecular flexibility index (Phi) is 5.61. The van der Waals surface area contributed by atoms with E-state index in [0.29, 0.717) is 5.56 Å². The van der Waals surface area contributed by atoms with Gasteiger partial charge in [0.05, 0.1) is 0 Å². The minimum atomic E-state index is -5.80. The Morgan fingerprint density at radius 3 is 1.58 bits per heavy atom. The largest absolute Gasteiger partial charge is 0.534 e. The lowest BCUT2D eigenvalue weighted by atomic mass is 9.85. The SMILES string of the molecule is O=S(=O)(Oc1cccc(-c2c3ccccc3c(-c3ccc4ccccc4c3)c3ccccc23)c1)C(F)(F)F. The summed E-state index contributed by atoms with van der Waals surface area (Å²) in [7, 11) is -5.80. The van der Waals surface area contributed by atoms with Gasteiger partial charge in [-0.25, -0.2) is 0 Å². The molecule has 6 aromatic carbocycles. The standard InChI is InChI=1S/C31H19F3O3S/c32-31(33,34)38(35,36)37-24-11-7-10-22(19-24)29-25-12-3-5-14-27(25)30(28-15-6-4-13-26(28)29)23-17-16-20-8-1-2-9-21(20)18-23/h1-19H. The van der Waals surface area contributed by atoms with Crippen LogP contribution in [0.15, 0.2) is 115 Å². The van der Waals surface area contributed by atoms with Crippen molar-refractivity contribution in [3.8, 4) is 28.0 Å². The maximum absolute atomic E-state index is 12.9. The van der Waals surface area contributed by atoms with Crippen molar-refractivity contribution in [1.82, 2.24) is 0 Å². The van der Waals surface area contributed by atoms with Crippen molar-refractivity contribution < 1.29 is 25.8 Å². The summed E-state index contributed by atoms with van der Waals surface area (Å²) >= 11 is 0. The second-order valence-electron chi connectivity index (χ2n) is 8.91. The van der Waals surface area contributed by atoms with E-state index in [1.54, 1.807) is 6.07 Å². The summed E-state index contributed by atoms with van der Waals surface area (Å²) < 4.78 is 66.6. The fourth-order valence-corrected chi connectivity index (χ4v) is 5.42. The van der Waals surface area contributed by atoms with Crippen LogP contribution in [0.3, 0.4) is 0 Å².